The first-order valence-electron chi connectivity index (χ1n) is 6.75. The number of aliphatic hydroxyl groups excluding tert-OH is 1. The lowest BCUT2D eigenvalue weighted by atomic mass is 9.92. The van der Waals surface area contributed by atoms with E-state index in [2.05, 4.69) is 5.32 Å². The molecule has 2 rings (SSSR count). The number of carbonyl (C=O) groups excluding carboxylic acids is 1. The molecule has 2 aromatic carbocycles. The van der Waals surface area contributed by atoms with Gasteiger partial charge in [-0.2, -0.15) is 0 Å². The van der Waals surface area contributed by atoms with Crippen molar-refractivity contribution in [3.63, 3.8) is 0 Å². The highest BCUT2D eigenvalue weighted by atomic mass is 16.3. The molecule has 1 atom stereocenters. The number of hydrogen-bond donors (Lipinski definition) is 3. The summed E-state index contributed by atoms with van der Waals surface area (Å²) in [5, 5.41) is 22.2. The van der Waals surface area contributed by atoms with E-state index in [1.165, 1.54) is 6.07 Å². The zero-order valence-corrected chi connectivity index (χ0v) is 12.1. The normalized spacial score (nSPS) is 13.5. The summed E-state index contributed by atoms with van der Waals surface area (Å²) in [4.78, 5) is 12.3. The molecule has 0 aliphatic rings. The second-order valence-electron chi connectivity index (χ2n) is 5.31. The number of aryl methyl sites for hydroxylation is 1. The molecule has 110 valence electrons. The van der Waals surface area contributed by atoms with Crippen molar-refractivity contribution in [1.29, 1.82) is 0 Å². The second kappa shape index (κ2) is 5.97. The molecular weight excluding hydrogens is 266 g/mol. The predicted molar refractivity (Wildman–Crippen MR) is 81.2 cm³/mol. The standard InChI is InChI=1S/C17H19NO3/c1-12-8-9-13(10-15(12)20)16(21)18-17(2,11-19)14-6-4-3-5-7-14/h3-10,19-20H,11H2,1-2H3,(H,18,21). The number of hydrogen-bond acceptors (Lipinski definition) is 3. The van der Waals surface area contributed by atoms with Gasteiger partial charge >= 0.3 is 0 Å². The number of benzene rings is 2. The third-order valence-corrected chi connectivity index (χ3v) is 3.59. The molecule has 0 saturated carbocycles. The maximum atomic E-state index is 12.3. The molecule has 1 amide bonds. The Morgan fingerprint density at radius 2 is 1.86 bits per heavy atom. The van der Waals surface area contributed by atoms with Crippen molar-refractivity contribution in [2.24, 2.45) is 0 Å². The van der Waals surface area contributed by atoms with E-state index < -0.39 is 5.54 Å². The molecule has 0 bridgehead atoms. The summed E-state index contributed by atoms with van der Waals surface area (Å²) in [5.74, 6) is -0.265. The predicted octanol–water partition coefficient (Wildman–Crippen LogP) is 2.34. The summed E-state index contributed by atoms with van der Waals surface area (Å²) in [7, 11) is 0. The Bertz CT molecular complexity index is 640. The molecule has 0 aromatic heterocycles. The fourth-order valence-corrected chi connectivity index (χ4v) is 2.08. The number of aromatic hydroxyl groups is 1. The van der Waals surface area contributed by atoms with Crippen molar-refractivity contribution in [1.82, 2.24) is 5.32 Å². The lowest BCUT2D eigenvalue weighted by Gasteiger charge is -2.29. The van der Waals surface area contributed by atoms with Crippen LogP contribution in [0.2, 0.25) is 0 Å². The summed E-state index contributed by atoms with van der Waals surface area (Å²) >= 11 is 0. The summed E-state index contributed by atoms with van der Waals surface area (Å²) < 4.78 is 0. The fraction of sp³-hybridized carbons (Fsp3) is 0.235. The molecule has 1 unspecified atom stereocenters. The lowest BCUT2D eigenvalue weighted by molar-refractivity contribution is 0.0849. The van der Waals surface area contributed by atoms with Gasteiger partial charge < -0.3 is 15.5 Å². The van der Waals surface area contributed by atoms with E-state index in [4.69, 9.17) is 0 Å². The third-order valence-electron chi connectivity index (χ3n) is 3.59. The van der Waals surface area contributed by atoms with Gasteiger partial charge in [-0.15, -0.1) is 0 Å². The monoisotopic (exact) mass is 285 g/mol. The van der Waals surface area contributed by atoms with Gasteiger partial charge in [-0.05, 0) is 37.1 Å². The van der Waals surface area contributed by atoms with Crippen molar-refractivity contribution in [2.75, 3.05) is 6.61 Å². The highest BCUT2D eigenvalue weighted by Crippen LogP contribution is 2.22. The van der Waals surface area contributed by atoms with Crippen LogP contribution < -0.4 is 5.32 Å². The van der Waals surface area contributed by atoms with Crippen LogP contribution in [0, 0.1) is 6.92 Å². The number of rotatable bonds is 4. The SMILES string of the molecule is Cc1ccc(C(=O)NC(C)(CO)c2ccccc2)cc1O. The molecule has 3 N–H and O–H groups in total. The van der Waals surface area contributed by atoms with E-state index in [0.717, 1.165) is 5.56 Å². The summed E-state index contributed by atoms with van der Waals surface area (Å²) in [5.41, 5.74) is 1.00. The number of nitrogens with one attached hydrogen (secondary N) is 1. The first kappa shape index (κ1) is 15.1. The molecule has 4 heteroatoms. The van der Waals surface area contributed by atoms with Gasteiger partial charge in [0.25, 0.3) is 5.91 Å². The van der Waals surface area contributed by atoms with Crippen molar-refractivity contribution < 1.29 is 15.0 Å². The lowest BCUT2D eigenvalue weighted by Crippen LogP contribution is -2.46. The van der Waals surface area contributed by atoms with Gasteiger partial charge in [-0.1, -0.05) is 36.4 Å². The number of aliphatic hydroxyl groups is 1. The van der Waals surface area contributed by atoms with Gasteiger partial charge in [0.05, 0.1) is 12.1 Å². The molecule has 0 heterocycles. The molecule has 0 aliphatic carbocycles. The average molecular weight is 285 g/mol. The highest BCUT2D eigenvalue weighted by Gasteiger charge is 2.28. The highest BCUT2D eigenvalue weighted by molar-refractivity contribution is 5.95. The minimum atomic E-state index is -0.876. The van der Waals surface area contributed by atoms with Crippen molar-refractivity contribution in [2.45, 2.75) is 19.4 Å². The maximum Gasteiger partial charge on any atom is 0.252 e. The Morgan fingerprint density at radius 3 is 2.43 bits per heavy atom. The summed E-state index contributed by atoms with van der Waals surface area (Å²) in [6.07, 6.45) is 0. The van der Waals surface area contributed by atoms with Crippen LogP contribution in [0.3, 0.4) is 0 Å². The Labute approximate surface area is 124 Å². The Kier molecular flexibility index (Phi) is 4.29. The van der Waals surface area contributed by atoms with E-state index in [1.807, 2.05) is 30.3 Å². The van der Waals surface area contributed by atoms with Crippen LogP contribution >= 0.6 is 0 Å². The van der Waals surface area contributed by atoms with Crippen LogP contribution in [-0.4, -0.2) is 22.7 Å². The van der Waals surface area contributed by atoms with Gasteiger partial charge in [-0.3, -0.25) is 4.79 Å². The average Bonchev–Trinajstić information content (AvgIpc) is 2.50. The maximum absolute atomic E-state index is 12.3. The van der Waals surface area contributed by atoms with Gasteiger partial charge in [-0.25, -0.2) is 0 Å². The van der Waals surface area contributed by atoms with E-state index in [1.54, 1.807) is 26.0 Å². The van der Waals surface area contributed by atoms with E-state index in [0.29, 0.717) is 11.1 Å². The number of amides is 1. The first-order chi connectivity index (χ1) is 9.96. The zero-order valence-electron chi connectivity index (χ0n) is 12.1. The molecule has 0 radical (unpaired) electrons. The molecule has 0 fully saturated rings. The zero-order chi connectivity index (χ0) is 15.5. The van der Waals surface area contributed by atoms with Crippen LogP contribution in [0.4, 0.5) is 0 Å². The van der Waals surface area contributed by atoms with Gasteiger partial charge in [0.2, 0.25) is 0 Å². The Balaban J connectivity index is 2.26. The molecule has 4 nitrogen and oxygen atoms in total. The number of phenols is 1. The van der Waals surface area contributed by atoms with Crippen LogP contribution in [0.1, 0.15) is 28.4 Å². The second-order valence-corrected chi connectivity index (χ2v) is 5.31. The third kappa shape index (κ3) is 3.23. The molecule has 0 aliphatic heterocycles. The van der Waals surface area contributed by atoms with Crippen LogP contribution in [0.25, 0.3) is 0 Å². The van der Waals surface area contributed by atoms with Gasteiger partial charge in [0, 0.05) is 5.56 Å². The smallest absolute Gasteiger partial charge is 0.252 e. The fourth-order valence-electron chi connectivity index (χ4n) is 2.08. The molecular formula is C17H19NO3. The Hall–Kier alpha value is -2.33. The molecule has 2 aromatic rings. The Morgan fingerprint density at radius 1 is 1.19 bits per heavy atom. The van der Waals surface area contributed by atoms with Gasteiger partial charge in [0.1, 0.15) is 5.75 Å². The minimum Gasteiger partial charge on any atom is -0.508 e. The summed E-state index contributed by atoms with van der Waals surface area (Å²) in [6.45, 7) is 3.30. The largest absolute Gasteiger partial charge is 0.508 e. The summed E-state index contributed by atoms with van der Waals surface area (Å²) in [6, 6.07) is 14.0. The molecule has 0 saturated heterocycles. The minimum absolute atomic E-state index is 0.0769. The van der Waals surface area contributed by atoms with Crippen LogP contribution in [-0.2, 0) is 5.54 Å². The number of carbonyl (C=O) groups is 1. The first-order valence-corrected chi connectivity index (χ1v) is 6.75. The van der Waals surface area contributed by atoms with Crippen molar-refractivity contribution >= 4 is 5.91 Å². The molecule has 21 heavy (non-hydrogen) atoms. The van der Waals surface area contributed by atoms with E-state index in [-0.39, 0.29) is 18.3 Å². The van der Waals surface area contributed by atoms with Crippen molar-refractivity contribution in [3.05, 3.63) is 65.2 Å². The van der Waals surface area contributed by atoms with Crippen molar-refractivity contribution in [3.8, 4) is 5.75 Å². The number of phenolic OH excluding ortho intramolecular Hbond substituents is 1. The van der Waals surface area contributed by atoms with Gasteiger partial charge in [0.15, 0.2) is 0 Å². The quantitative estimate of drug-likeness (QED) is 0.807. The van der Waals surface area contributed by atoms with E-state index >= 15 is 0 Å². The van der Waals surface area contributed by atoms with E-state index in [9.17, 15) is 15.0 Å². The van der Waals surface area contributed by atoms with Crippen LogP contribution in [0.15, 0.2) is 48.5 Å². The molecule has 0 spiro atoms. The topological polar surface area (TPSA) is 69.6 Å². The van der Waals surface area contributed by atoms with Crippen LogP contribution in [0.5, 0.6) is 5.75 Å².